The molecule has 1 fully saturated rings. The minimum atomic E-state index is 0.0386. The number of nitrogens with zero attached hydrogens (tertiary/aromatic N) is 2. The summed E-state index contributed by atoms with van der Waals surface area (Å²) in [6, 6.07) is 5.28. The first kappa shape index (κ1) is 15.4. The number of amides is 1. The highest BCUT2D eigenvalue weighted by Gasteiger charge is 2.21. The van der Waals surface area contributed by atoms with Crippen molar-refractivity contribution in [2.24, 2.45) is 0 Å². The van der Waals surface area contributed by atoms with Crippen LogP contribution < -0.4 is 9.47 Å². The largest absolute Gasteiger partial charge is 0.493 e. The van der Waals surface area contributed by atoms with Crippen molar-refractivity contribution < 1.29 is 14.3 Å². The van der Waals surface area contributed by atoms with E-state index in [0.29, 0.717) is 23.7 Å². The maximum Gasteiger partial charge on any atom is 0.254 e. The van der Waals surface area contributed by atoms with Crippen molar-refractivity contribution in [1.82, 2.24) is 9.80 Å². The van der Waals surface area contributed by atoms with E-state index in [9.17, 15) is 4.79 Å². The molecule has 0 spiro atoms. The van der Waals surface area contributed by atoms with Gasteiger partial charge in [0.25, 0.3) is 5.91 Å². The minimum absolute atomic E-state index is 0.0386. The van der Waals surface area contributed by atoms with Crippen LogP contribution in [0.25, 0.3) is 0 Å². The van der Waals surface area contributed by atoms with Gasteiger partial charge in [0.1, 0.15) is 6.61 Å². The van der Waals surface area contributed by atoms with E-state index in [2.05, 4.69) is 18.5 Å². The summed E-state index contributed by atoms with van der Waals surface area (Å²) < 4.78 is 10.8. The summed E-state index contributed by atoms with van der Waals surface area (Å²) in [6.45, 7) is 7.34. The van der Waals surface area contributed by atoms with Crippen LogP contribution in [-0.4, -0.2) is 62.7 Å². The van der Waals surface area contributed by atoms with Crippen LogP contribution in [0.1, 0.15) is 10.4 Å². The van der Waals surface area contributed by atoms with Gasteiger partial charge in [-0.2, -0.15) is 0 Å². The zero-order valence-electron chi connectivity index (χ0n) is 12.7. The Morgan fingerprint density at radius 3 is 2.62 bits per heavy atom. The van der Waals surface area contributed by atoms with E-state index in [1.165, 1.54) is 0 Å². The summed E-state index contributed by atoms with van der Waals surface area (Å²) in [7, 11) is 3.64. The number of piperazine rings is 1. The van der Waals surface area contributed by atoms with E-state index >= 15 is 0 Å². The van der Waals surface area contributed by atoms with Gasteiger partial charge in [-0.3, -0.25) is 4.79 Å². The van der Waals surface area contributed by atoms with Crippen LogP contribution in [0.3, 0.4) is 0 Å². The van der Waals surface area contributed by atoms with Crippen molar-refractivity contribution in [1.29, 1.82) is 0 Å². The second-order valence-electron chi connectivity index (χ2n) is 5.06. The van der Waals surface area contributed by atoms with Crippen LogP contribution in [0.15, 0.2) is 30.9 Å². The Labute approximate surface area is 125 Å². The molecule has 0 unspecified atom stereocenters. The molecule has 1 aromatic carbocycles. The number of rotatable bonds is 5. The topological polar surface area (TPSA) is 42.0 Å². The molecular formula is C16H22N2O3. The quantitative estimate of drug-likeness (QED) is 0.773. The first-order valence-corrected chi connectivity index (χ1v) is 7.05. The first-order valence-electron chi connectivity index (χ1n) is 7.05. The lowest BCUT2D eigenvalue weighted by atomic mass is 10.1. The standard InChI is InChI=1S/C16H22N2O3/c1-4-11-21-14-6-5-13(12-15(14)20-3)16(19)18-9-7-17(2)8-10-18/h4-6,12H,1,7-11H2,2-3H3. The third-order valence-electron chi connectivity index (χ3n) is 3.56. The van der Waals surface area contributed by atoms with Gasteiger partial charge >= 0.3 is 0 Å². The van der Waals surface area contributed by atoms with E-state index < -0.39 is 0 Å². The van der Waals surface area contributed by atoms with Crippen molar-refractivity contribution in [3.05, 3.63) is 36.4 Å². The van der Waals surface area contributed by atoms with Gasteiger partial charge < -0.3 is 19.3 Å². The second kappa shape index (κ2) is 7.13. The highest BCUT2D eigenvalue weighted by atomic mass is 16.5. The molecule has 0 aromatic heterocycles. The van der Waals surface area contributed by atoms with Crippen LogP contribution in [0.4, 0.5) is 0 Å². The van der Waals surface area contributed by atoms with E-state index in [4.69, 9.17) is 9.47 Å². The average Bonchev–Trinajstić information content (AvgIpc) is 2.52. The van der Waals surface area contributed by atoms with Crippen molar-refractivity contribution >= 4 is 5.91 Å². The molecule has 1 heterocycles. The summed E-state index contributed by atoms with van der Waals surface area (Å²) in [5.74, 6) is 1.22. The number of carbonyl (C=O) groups excluding carboxylic acids is 1. The fraction of sp³-hybridized carbons (Fsp3) is 0.438. The Morgan fingerprint density at radius 1 is 1.29 bits per heavy atom. The molecular weight excluding hydrogens is 268 g/mol. The van der Waals surface area contributed by atoms with Crippen molar-refractivity contribution in [3.8, 4) is 11.5 Å². The third-order valence-corrected chi connectivity index (χ3v) is 3.56. The Morgan fingerprint density at radius 2 is 2.00 bits per heavy atom. The summed E-state index contributed by atoms with van der Waals surface area (Å²) >= 11 is 0. The predicted molar refractivity (Wildman–Crippen MR) is 82.1 cm³/mol. The molecule has 0 aliphatic carbocycles. The van der Waals surface area contributed by atoms with Gasteiger partial charge in [-0.15, -0.1) is 0 Å². The van der Waals surface area contributed by atoms with Gasteiger partial charge in [0, 0.05) is 31.7 Å². The molecule has 1 saturated heterocycles. The van der Waals surface area contributed by atoms with E-state index in [1.54, 1.807) is 31.4 Å². The van der Waals surface area contributed by atoms with Gasteiger partial charge in [0.05, 0.1) is 7.11 Å². The number of benzene rings is 1. The SMILES string of the molecule is C=CCOc1ccc(C(=O)N2CCN(C)CC2)cc1OC. The van der Waals surface area contributed by atoms with E-state index in [1.807, 2.05) is 4.90 Å². The Kier molecular flexibility index (Phi) is 5.22. The van der Waals surface area contributed by atoms with Gasteiger partial charge in [-0.05, 0) is 25.2 Å². The zero-order valence-corrected chi connectivity index (χ0v) is 12.7. The summed E-state index contributed by atoms with van der Waals surface area (Å²) in [5, 5.41) is 0. The number of likely N-dealkylation sites (N-methyl/N-ethyl adjacent to an activating group) is 1. The highest BCUT2D eigenvalue weighted by molar-refractivity contribution is 5.95. The monoisotopic (exact) mass is 290 g/mol. The number of methoxy groups -OCH3 is 1. The van der Waals surface area contributed by atoms with Crippen LogP contribution in [0.2, 0.25) is 0 Å². The second-order valence-corrected chi connectivity index (χ2v) is 5.06. The van der Waals surface area contributed by atoms with Gasteiger partial charge in [-0.25, -0.2) is 0 Å². The molecule has 1 amide bonds. The highest BCUT2D eigenvalue weighted by Crippen LogP contribution is 2.28. The smallest absolute Gasteiger partial charge is 0.254 e. The molecule has 0 bridgehead atoms. The van der Waals surface area contributed by atoms with Crippen LogP contribution in [-0.2, 0) is 0 Å². The van der Waals surface area contributed by atoms with Gasteiger partial charge in [0.15, 0.2) is 11.5 Å². The molecule has 2 rings (SSSR count). The van der Waals surface area contributed by atoms with E-state index in [-0.39, 0.29) is 5.91 Å². The Hall–Kier alpha value is -2.01. The molecule has 1 aliphatic heterocycles. The van der Waals surface area contributed by atoms with E-state index in [0.717, 1.165) is 26.2 Å². The summed E-state index contributed by atoms with van der Waals surface area (Å²) in [6.07, 6.45) is 1.67. The molecule has 1 aromatic rings. The van der Waals surface area contributed by atoms with Gasteiger partial charge in [-0.1, -0.05) is 12.7 Å². The number of hydrogen-bond donors (Lipinski definition) is 0. The Balaban J connectivity index is 2.12. The molecule has 1 aliphatic rings. The van der Waals surface area contributed by atoms with Crippen molar-refractivity contribution in [2.75, 3.05) is 46.9 Å². The molecule has 0 radical (unpaired) electrons. The maximum atomic E-state index is 12.5. The molecule has 0 atom stereocenters. The predicted octanol–water partition coefficient (Wildman–Crippen LogP) is 1.65. The number of ether oxygens (including phenoxy) is 2. The number of hydrogen-bond acceptors (Lipinski definition) is 4. The van der Waals surface area contributed by atoms with Crippen LogP contribution >= 0.6 is 0 Å². The lowest BCUT2D eigenvalue weighted by Gasteiger charge is -2.32. The zero-order chi connectivity index (χ0) is 15.2. The summed E-state index contributed by atoms with van der Waals surface area (Å²) in [5.41, 5.74) is 0.627. The van der Waals surface area contributed by atoms with Crippen molar-refractivity contribution in [2.45, 2.75) is 0 Å². The lowest BCUT2D eigenvalue weighted by Crippen LogP contribution is -2.47. The molecule has 5 nitrogen and oxygen atoms in total. The molecule has 0 N–H and O–H groups in total. The summed E-state index contributed by atoms with van der Waals surface area (Å²) in [4.78, 5) is 16.6. The minimum Gasteiger partial charge on any atom is -0.493 e. The van der Waals surface area contributed by atoms with Crippen molar-refractivity contribution in [3.63, 3.8) is 0 Å². The molecule has 114 valence electrons. The number of carbonyl (C=O) groups is 1. The maximum absolute atomic E-state index is 12.5. The van der Waals surface area contributed by atoms with Crippen LogP contribution in [0.5, 0.6) is 11.5 Å². The first-order chi connectivity index (χ1) is 10.2. The Bertz CT molecular complexity index is 508. The van der Waals surface area contributed by atoms with Gasteiger partial charge in [0.2, 0.25) is 0 Å². The molecule has 0 saturated carbocycles. The molecule has 21 heavy (non-hydrogen) atoms. The third kappa shape index (κ3) is 3.76. The fourth-order valence-corrected chi connectivity index (χ4v) is 2.26. The molecule has 5 heteroatoms. The lowest BCUT2D eigenvalue weighted by molar-refractivity contribution is 0.0663. The normalized spacial score (nSPS) is 15.6. The average molecular weight is 290 g/mol. The van der Waals surface area contributed by atoms with Crippen LogP contribution in [0, 0.1) is 0 Å². The fourth-order valence-electron chi connectivity index (χ4n) is 2.26.